The molecule has 178 valence electrons. The normalized spacial score (nSPS) is 11.4. The van der Waals surface area contributed by atoms with Crippen molar-refractivity contribution >= 4 is 11.6 Å². The molecule has 9 heteroatoms. The van der Waals surface area contributed by atoms with E-state index in [1.54, 1.807) is 10.8 Å². The van der Waals surface area contributed by atoms with Gasteiger partial charge in [0.2, 0.25) is 0 Å². The van der Waals surface area contributed by atoms with E-state index in [1.807, 2.05) is 41.0 Å². The van der Waals surface area contributed by atoms with Gasteiger partial charge in [-0.05, 0) is 52.8 Å². The Balaban J connectivity index is 1.63. The Labute approximate surface area is 204 Å². The van der Waals surface area contributed by atoms with Crippen LogP contribution in [0, 0.1) is 5.92 Å². The summed E-state index contributed by atoms with van der Waals surface area (Å²) in [5.41, 5.74) is 4.54. The van der Waals surface area contributed by atoms with Gasteiger partial charge in [-0.25, -0.2) is 9.89 Å². The number of hydrogen-bond donors (Lipinski definition) is 1. The number of benzene rings is 1. The summed E-state index contributed by atoms with van der Waals surface area (Å²) in [7, 11) is 0. The molecule has 8 nitrogen and oxygen atoms in total. The number of imidazole rings is 1. The molecule has 3 aromatic heterocycles. The highest BCUT2D eigenvalue weighted by Gasteiger charge is 2.19. The minimum Gasteiger partial charge on any atom is -0.290 e. The van der Waals surface area contributed by atoms with Gasteiger partial charge in [0, 0.05) is 18.3 Å². The summed E-state index contributed by atoms with van der Waals surface area (Å²) < 4.78 is 3.57. The number of aromatic amines is 1. The smallest absolute Gasteiger partial charge is 0.290 e. The van der Waals surface area contributed by atoms with Crippen molar-refractivity contribution in [3.8, 4) is 22.6 Å². The Hall–Kier alpha value is -3.26. The number of unbranched alkanes of at least 4 members (excludes halogenated alkanes) is 1. The second-order valence-corrected chi connectivity index (χ2v) is 9.25. The molecule has 0 unspecified atom stereocenters. The van der Waals surface area contributed by atoms with Crippen LogP contribution in [0.3, 0.4) is 0 Å². The van der Waals surface area contributed by atoms with Crippen LogP contribution in [0.25, 0.3) is 22.6 Å². The van der Waals surface area contributed by atoms with Crippen LogP contribution in [-0.4, -0.2) is 34.7 Å². The molecule has 0 atom stereocenters. The van der Waals surface area contributed by atoms with Crippen LogP contribution < -0.4 is 5.69 Å². The van der Waals surface area contributed by atoms with Gasteiger partial charge in [0.1, 0.15) is 10.8 Å². The maximum Gasteiger partial charge on any atom is 0.329 e. The van der Waals surface area contributed by atoms with Crippen molar-refractivity contribution < 1.29 is 0 Å². The van der Waals surface area contributed by atoms with E-state index in [1.165, 1.54) is 0 Å². The first-order chi connectivity index (χ1) is 16.5. The molecule has 0 fully saturated rings. The molecular weight excluding hydrogens is 450 g/mol. The third-order valence-electron chi connectivity index (χ3n) is 5.94. The lowest BCUT2D eigenvalue weighted by molar-refractivity contribution is 0.503. The molecule has 1 N–H and O–H groups in total. The Morgan fingerprint density at radius 3 is 2.59 bits per heavy atom. The lowest BCUT2D eigenvalue weighted by Gasteiger charge is -2.10. The van der Waals surface area contributed by atoms with Gasteiger partial charge in [-0.2, -0.15) is 0 Å². The van der Waals surface area contributed by atoms with Crippen molar-refractivity contribution in [3.05, 3.63) is 69.5 Å². The second kappa shape index (κ2) is 10.8. The number of aromatic nitrogens is 7. The molecule has 0 amide bonds. The maximum absolute atomic E-state index is 13.3. The molecule has 3 heterocycles. The van der Waals surface area contributed by atoms with E-state index in [0.717, 1.165) is 48.1 Å². The first-order valence-corrected chi connectivity index (χ1v) is 12.1. The quantitative estimate of drug-likeness (QED) is 0.346. The molecule has 0 bridgehead atoms. The van der Waals surface area contributed by atoms with Crippen molar-refractivity contribution in [2.75, 3.05) is 0 Å². The number of H-pyrrole nitrogens is 1. The fraction of sp³-hybridized carbons (Fsp3) is 0.400. The van der Waals surface area contributed by atoms with E-state index in [0.29, 0.717) is 35.7 Å². The molecule has 0 aliphatic rings. The van der Waals surface area contributed by atoms with Gasteiger partial charge in [0.25, 0.3) is 0 Å². The molecule has 0 saturated carbocycles. The van der Waals surface area contributed by atoms with Crippen LogP contribution in [-0.2, 0) is 19.5 Å². The fourth-order valence-corrected chi connectivity index (χ4v) is 4.35. The van der Waals surface area contributed by atoms with E-state index in [9.17, 15) is 4.79 Å². The van der Waals surface area contributed by atoms with Gasteiger partial charge in [0.05, 0.1) is 12.2 Å². The molecule has 0 radical (unpaired) electrons. The van der Waals surface area contributed by atoms with E-state index >= 15 is 0 Å². The van der Waals surface area contributed by atoms with Crippen LogP contribution in [0.5, 0.6) is 0 Å². The third-order valence-corrected chi connectivity index (χ3v) is 6.37. The van der Waals surface area contributed by atoms with Crippen molar-refractivity contribution in [2.45, 2.75) is 59.5 Å². The summed E-state index contributed by atoms with van der Waals surface area (Å²) in [6, 6.07) is 12.0. The topological polar surface area (TPSA) is 94.3 Å². The Morgan fingerprint density at radius 1 is 1.12 bits per heavy atom. The molecular formula is C25H30ClN7O. The SMILES string of the molecule is CCCCc1c(Cl)n(CCC(C)C)c(=O)n1Cc1ccc(-c2cccnc2-c2nnn[nH]2)cc1. The van der Waals surface area contributed by atoms with Crippen molar-refractivity contribution in [1.82, 2.24) is 34.7 Å². The van der Waals surface area contributed by atoms with Crippen LogP contribution in [0.2, 0.25) is 5.15 Å². The van der Waals surface area contributed by atoms with Gasteiger partial charge in [-0.15, -0.1) is 5.10 Å². The van der Waals surface area contributed by atoms with Crippen molar-refractivity contribution in [3.63, 3.8) is 0 Å². The van der Waals surface area contributed by atoms with Crippen LogP contribution in [0.15, 0.2) is 47.4 Å². The summed E-state index contributed by atoms with van der Waals surface area (Å²) in [4.78, 5) is 17.7. The molecule has 1 aromatic carbocycles. The summed E-state index contributed by atoms with van der Waals surface area (Å²) in [6.45, 7) is 7.58. The average molecular weight is 480 g/mol. The van der Waals surface area contributed by atoms with Gasteiger partial charge in [-0.1, -0.05) is 69.1 Å². The zero-order chi connectivity index (χ0) is 24.1. The third kappa shape index (κ3) is 5.12. The summed E-state index contributed by atoms with van der Waals surface area (Å²) in [6.07, 6.45) is 5.46. The first kappa shape index (κ1) is 23.9. The number of pyridine rings is 1. The number of nitrogens with one attached hydrogen (secondary N) is 1. The van der Waals surface area contributed by atoms with Crippen LogP contribution in [0.1, 0.15) is 51.3 Å². The Bertz CT molecular complexity index is 1270. The van der Waals surface area contributed by atoms with Gasteiger partial charge in [0.15, 0.2) is 5.82 Å². The number of nitrogens with zero attached hydrogens (tertiary/aromatic N) is 6. The second-order valence-electron chi connectivity index (χ2n) is 8.89. The zero-order valence-corrected chi connectivity index (χ0v) is 20.6. The number of hydrogen-bond acceptors (Lipinski definition) is 5. The van der Waals surface area contributed by atoms with Gasteiger partial charge in [-0.3, -0.25) is 14.1 Å². The largest absolute Gasteiger partial charge is 0.329 e. The fourth-order valence-electron chi connectivity index (χ4n) is 4.00. The zero-order valence-electron chi connectivity index (χ0n) is 19.8. The van der Waals surface area contributed by atoms with E-state index in [4.69, 9.17) is 11.6 Å². The molecule has 34 heavy (non-hydrogen) atoms. The van der Waals surface area contributed by atoms with E-state index < -0.39 is 0 Å². The molecule has 4 rings (SSSR count). The lowest BCUT2D eigenvalue weighted by Crippen LogP contribution is -2.26. The van der Waals surface area contributed by atoms with E-state index in [2.05, 4.69) is 46.4 Å². The molecule has 0 aliphatic heterocycles. The average Bonchev–Trinajstić information content (AvgIpc) is 3.45. The predicted octanol–water partition coefficient (Wildman–Crippen LogP) is 4.98. The molecule has 4 aromatic rings. The van der Waals surface area contributed by atoms with Crippen molar-refractivity contribution in [1.29, 1.82) is 0 Å². The summed E-state index contributed by atoms with van der Waals surface area (Å²) in [5, 5.41) is 14.7. The predicted molar refractivity (Wildman–Crippen MR) is 134 cm³/mol. The molecule has 0 aliphatic carbocycles. The Kier molecular flexibility index (Phi) is 7.57. The summed E-state index contributed by atoms with van der Waals surface area (Å²) >= 11 is 6.71. The first-order valence-electron chi connectivity index (χ1n) is 11.8. The number of tetrazole rings is 1. The van der Waals surface area contributed by atoms with Gasteiger partial charge >= 0.3 is 5.69 Å². The van der Waals surface area contributed by atoms with E-state index in [-0.39, 0.29) is 5.69 Å². The maximum atomic E-state index is 13.3. The summed E-state index contributed by atoms with van der Waals surface area (Å²) in [5.74, 6) is 1.02. The highest BCUT2D eigenvalue weighted by Crippen LogP contribution is 2.28. The monoisotopic (exact) mass is 479 g/mol. The van der Waals surface area contributed by atoms with Crippen molar-refractivity contribution in [2.24, 2.45) is 5.92 Å². The highest BCUT2D eigenvalue weighted by atomic mass is 35.5. The minimum absolute atomic E-state index is 0.0341. The molecule has 0 saturated heterocycles. The highest BCUT2D eigenvalue weighted by molar-refractivity contribution is 6.30. The van der Waals surface area contributed by atoms with Crippen LogP contribution >= 0.6 is 11.6 Å². The van der Waals surface area contributed by atoms with Gasteiger partial charge < -0.3 is 0 Å². The molecule has 0 spiro atoms. The number of rotatable bonds is 10. The lowest BCUT2D eigenvalue weighted by atomic mass is 10.0. The van der Waals surface area contributed by atoms with Crippen LogP contribution in [0.4, 0.5) is 0 Å². The number of halogens is 1. The minimum atomic E-state index is -0.0341. The Morgan fingerprint density at radius 2 is 1.91 bits per heavy atom. The standard InChI is InChI=1S/C25H30ClN7O/c1-4-5-8-21-23(26)32(15-13-17(2)3)25(34)33(21)16-18-9-11-19(12-10-18)20-7-6-14-27-22(20)24-28-30-31-29-24/h6-7,9-12,14,17H,4-5,8,13,15-16H2,1-3H3,(H,28,29,30,31).